The van der Waals surface area contributed by atoms with E-state index in [1.54, 1.807) is 25.1 Å². The van der Waals surface area contributed by atoms with Crippen molar-refractivity contribution in [2.75, 3.05) is 0 Å². The molecule has 4 rings (SSSR count). The molecule has 1 N–H and O–H groups in total. The molecule has 0 aliphatic heterocycles. The zero-order valence-corrected chi connectivity index (χ0v) is 17.7. The summed E-state index contributed by atoms with van der Waals surface area (Å²) >= 11 is 0. The van der Waals surface area contributed by atoms with Crippen LogP contribution in [-0.4, -0.2) is 16.1 Å². The number of ether oxygens (including phenoxy) is 2. The van der Waals surface area contributed by atoms with Crippen LogP contribution in [-0.2, 0) is 13.2 Å². The van der Waals surface area contributed by atoms with Gasteiger partial charge in [-0.3, -0.25) is 0 Å². The lowest BCUT2D eigenvalue weighted by Crippen LogP contribution is -2.03. The van der Waals surface area contributed by atoms with Crippen LogP contribution < -0.4 is 9.47 Å². The van der Waals surface area contributed by atoms with Crippen LogP contribution in [0.4, 0.5) is 0 Å². The fourth-order valence-electron chi connectivity index (χ4n) is 3.36. The standard InChI is InChI=1S/C27H23NO4/c1-19-16-22(12-13-23(19)27(29)30)24-14-15-25(31-17-20-8-4-2-5-9-20)28-26(24)32-18-21-10-6-3-7-11-21/h2-16H,17-18H2,1H3,(H,29,30). The van der Waals surface area contributed by atoms with Crippen molar-refractivity contribution in [3.8, 4) is 22.9 Å². The van der Waals surface area contributed by atoms with Crippen molar-refractivity contribution in [1.29, 1.82) is 0 Å². The second kappa shape index (κ2) is 9.79. The van der Waals surface area contributed by atoms with E-state index in [0.29, 0.717) is 30.5 Å². The number of aromatic nitrogens is 1. The number of hydrogen-bond acceptors (Lipinski definition) is 4. The molecule has 0 bridgehead atoms. The molecule has 0 saturated carbocycles. The molecule has 160 valence electrons. The lowest BCUT2D eigenvalue weighted by atomic mass is 10.0. The smallest absolute Gasteiger partial charge is 0.335 e. The summed E-state index contributed by atoms with van der Waals surface area (Å²) in [6.07, 6.45) is 0. The summed E-state index contributed by atoms with van der Waals surface area (Å²) in [5, 5.41) is 9.33. The molecule has 5 nitrogen and oxygen atoms in total. The molecule has 0 spiro atoms. The first-order valence-corrected chi connectivity index (χ1v) is 10.3. The molecule has 1 aromatic heterocycles. The van der Waals surface area contributed by atoms with E-state index in [1.165, 1.54) is 0 Å². The Morgan fingerprint density at radius 3 is 2.03 bits per heavy atom. The van der Waals surface area contributed by atoms with Crippen LogP contribution >= 0.6 is 0 Å². The average molecular weight is 425 g/mol. The van der Waals surface area contributed by atoms with Crippen LogP contribution in [0.3, 0.4) is 0 Å². The first kappa shape index (κ1) is 21.1. The Balaban J connectivity index is 1.63. The Bertz CT molecular complexity index is 1210. The summed E-state index contributed by atoms with van der Waals surface area (Å²) < 4.78 is 12.0. The number of benzene rings is 3. The van der Waals surface area contributed by atoms with Crippen molar-refractivity contribution >= 4 is 5.97 Å². The summed E-state index contributed by atoms with van der Waals surface area (Å²) in [5.74, 6) is -0.0566. The van der Waals surface area contributed by atoms with Gasteiger partial charge in [-0.15, -0.1) is 0 Å². The van der Waals surface area contributed by atoms with E-state index in [9.17, 15) is 9.90 Å². The van der Waals surface area contributed by atoms with Gasteiger partial charge in [-0.05, 0) is 41.3 Å². The molecule has 0 unspecified atom stereocenters. The van der Waals surface area contributed by atoms with Gasteiger partial charge in [0.2, 0.25) is 11.8 Å². The molecule has 0 saturated heterocycles. The van der Waals surface area contributed by atoms with Crippen LogP contribution in [0.25, 0.3) is 11.1 Å². The van der Waals surface area contributed by atoms with E-state index >= 15 is 0 Å². The molecule has 5 heteroatoms. The number of hydrogen-bond donors (Lipinski definition) is 1. The predicted octanol–water partition coefficient (Wildman–Crippen LogP) is 5.91. The van der Waals surface area contributed by atoms with Gasteiger partial charge in [0, 0.05) is 11.6 Å². The zero-order chi connectivity index (χ0) is 22.3. The van der Waals surface area contributed by atoms with Crippen molar-refractivity contribution in [3.63, 3.8) is 0 Å². The number of nitrogens with zero attached hydrogens (tertiary/aromatic N) is 1. The van der Waals surface area contributed by atoms with Gasteiger partial charge in [-0.25, -0.2) is 4.79 Å². The highest BCUT2D eigenvalue weighted by Crippen LogP contribution is 2.32. The molecule has 32 heavy (non-hydrogen) atoms. The lowest BCUT2D eigenvalue weighted by Gasteiger charge is -2.14. The fourth-order valence-corrected chi connectivity index (χ4v) is 3.36. The Morgan fingerprint density at radius 2 is 1.44 bits per heavy atom. The fraction of sp³-hybridized carbons (Fsp3) is 0.111. The number of rotatable bonds is 8. The van der Waals surface area contributed by atoms with Crippen LogP contribution in [0.5, 0.6) is 11.8 Å². The first-order valence-electron chi connectivity index (χ1n) is 10.3. The van der Waals surface area contributed by atoms with E-state index in [1.807, 2.05) is 72.8 Å². The normalized spacial score (nSPS) is 10.5. The number of carbonyl (C=O) groups is 1. The van der Waals surface area contributed by atoms with Crippen molar-refractivity contribution in [2.24, 2.45) is 0 Å². The van der Waals surface area contributed by atoms with Gasteiger partial charge in [0.25, 0.3) is 0 Å². The minimum Gasteiger partial charge on any atom is -0.478 e. The molecular formula is C27H23NO4. The average Bonchev–Trinajstić information content (AvgIpc) is 2.82. The van der Waals surface area contributed by atoms with E-state index in [0.717, 1.165) is 22.3 Å². The maximum absolute atomic E-state index is 11.4. The lowest BCUT2D eigenvalue weighted by molar-refractivity contribution is 0.0696. The third-order valence-electron chi connectivity index (χ3n) is 5.05. The third-order valence-corrected chi connectivity index (χ3v) is 5.05. The first-order chi connectivity index (χ1) is 15.6. The Morgan fingerprint density at radius 1 is 0.812 bits per heavy atom. The quantitative estimate of drug-likeness (QED) is 0.380. The SMILES string of the molecule is Cc1cc(-c2ccc(OCc3ccccc3)nc2OCc2ccccc2)ccc1C(=O)O. The van der Waals surface area contributed by atoms with Gasteiger partial charge in [-0.2, -0.15) is 4.98 Å². The van der Waals surface area contributed by atoms with Gasteiger partial charge in [-0.1, -0.05) is 72.8 Å². The number of aryl methyl sites for hydroxylation is 1. The molecule has 0 aliphatic carbocycles. The summed E-state index contributed by atoms with van der Waals surface area (Å²) in [7, 11) is 0. The second-order valence-electron chi connectivity index (χ2n) is 7.39. The predicted molar refractivity (Wildman–Crippen MR) is 123 cm³/mol. The van der Waals surface area contributed by atoms with E-state index in [4.69, 9.17) is 9.47 Å². The minimum atomic E-state index is -0.947. The summed E-state index contributed by atoms with van der Waals surface area (Å²) in [6, 6.07) is 28.6. The van der Waals surface area contributed by atoms with Crippen LogP contribution in [0.15, 0.2) is 91.0 Å². The summed E-state index contributed by atoms with van der Waals surface area (Å²) in [6.45, 7) is 2.54. The number of pyridine rings is 1. The highest BCUT2D eigenvalue weighted by molar-refractivity contribution is 5.90. The van der Waals surface area contributed by atoms with Gasteiger partial charge in [0.15, 0.2) is 0 Å². The third kappa shape index (κ3) is 5.13. The molecule has 0 aliphatic rings. The molecule has 1 heterocycles. The largest absolute Gasteiger partial charge is 0.478 e. The Labute approximate surface area is 186 Å². The second-order valence-corrected chi connectivity index (χ2v) is 7.39. The molecule has 3 aromatic carbocycles. The van der Waals surface area contributed by atoms with Gasteiger partial charge in [0.05, 0.1) is 5.56 Å². The number of aromatic carboxylic acids is 1. The molecule has 0 atom stereocenters. The van der Waals surface area contributed by atoms with Crippen molar-refractivity contribution in [2.45, 2.75) is 20.1 Å². The van der Waals surface area contributed by atoms with Crippen LogP contribution in [0, 0.1) is 6.92 Å². The maximum atomic E-state index is 11.4. The molecular weight excluding hydrogens is 402 g/mol. The topological polar surface area (TPSA) is 68.7 Å². The Kier molecular flexibility index (Phi) is 6.46. The monoisotopic (exact) mass is 425 g/mol. The van der Waals surface area contributed by atoms with E-state index in [2.05, 4.69) is 4.98 Å². The highest BCUT2D eigenvalue weighted by atomic mass is 16.5. The molecule has 0 amide bonds. The van der Waals surface area contributed by atoms with E-state index in [-0.39, 0.29) is 5.56 Å². The van der Waals surface area contributed by atoms with E-state index < -0.39 is 5.97 Å². The van der Waals surface area contributed by atoms with Crippen molar-refractivity contribution in [3.05, 3.63) is 113 Å². The number of carboxylic acid groups (broad SMARTS) is 1. The molecule has 0 radical (unpaired) electrons. The highest BCUT2D eigenvalue weighted by Gasteiger charge is 2.14. The summed E-state index contributed by atoms with van der Waals surface area (Å²) in [5.41, 5.74) is 4.62. The Hall–Kier alpha value is -4.12. The van der Waals surface area contributed by atoms with Gasteiger partial charge >= 0.3 is 5.97 Å². The van der Waals surface area contributed by atoms with Crippen molar-refractivity contribution < 1.29 is 19.4 Å². The van der Waals surface area contributed by atoms with Gasteiger partial charge in [0.1, 0.15) is 13.2 Å². The molecule has 0 fully saturated rings. The number of carboxylic acids is 1. The zero-order valence-electron chi connectivity index (χ0n) is 17.7. The van der Waals surface area contributed by atoms with Gasteiger partial charge < -0.3 is 14.6 Å². The van der Waals surface area contributed by atoms with Crippen LogP contribution in [0.2, 0.25) is 0 Å². The van der Waals surface area contributed by atoms with Crippen LogP contribution in [0.1, 0.15) is 27.0 Å². The maximum Gasteiger partial charge on any atom is 0.335 e. The minimum absolute atomic E-state index is 0.274. The molecule has 4 aromatic rings. The van der Waals surface area contributed by atoms with Crippen molar-refractivity contribution in [1.82, 2.24) is 4.98 Å². The summed E-state index contributed by atoms with van der Waals surface area (Å²) in [4.78, 5) is 16.0.